The van der Waals surface area contributed by atoms with Crippen LogP contribution in [-0.4, -0.2) is 25.0 Å². The molecule has 2 heteroatoms. The van der Waals surface area contributed by atoms with Crippen LogP contribution in [0.3, 0.4) is 0 Å². The molecule has 1 rings (SSSR count). The molecule has 0 aliphatic heterocycles. The van der Waals surface area contributed by atoms with E-state index in [0.717, 1.165) is 25.2 Å². The summed E-state index contributed by atoms with van der Waals surface area (Å²) in [6.45, 7) is 9.15. The van der Waals surface area contributed by atoms with Crippen LogP contribution in [0, 0.1) is 5.41 Å². The van der Waals surface area contributed by atoms with Crippen LogP contribution in [0.25, 0.3) is 0 Å². The molecule has 2 nitrogen and oxygen atoms in total. The zero-order valence-electron chi connectivity index (χ0n) is 11.7. The van der Waals surface area contributed by atoms with Crippen molar-refractivity contribution < 1.29 is 0 Å². The molecule has 0 bridgehead atoms. The van der Waals surface area contributed by atoms with Crippen LogP contribution in [0.15, 0.2) is 24.3 Å². The van der Waals surface area contributed by atoms with Gasteiger partial charge in [0.15, 0.2) is 0 Å². The zero-order valence-corrected chi connectivity index (χ0v) is 11.7. The minimum atomic E-state index is 0.385. The van der Waals surface area contributed by atoms with Crippen molar-refractivity contribution >= 4 is 5.69 Å². The van der Waals surface area contributed by atoms with Gasteiger partial charge >= 0.3 is 0 Å². The summed E-state index contributed by atoms with van der Waals surface area (Å²) >= 11 is 0. The fourth-order valence-corrected chi connectivity index (χ4v) is 2.13. The highest BCUT2D eigenvalue weighted by Gasteiger charge is 2.12. The fourth-order valence-electron chi connectivity index (χ4n) is 2.13. The molecule has 2 N–H and O–H groups in total. The highest BCUT2D eigenvalue weighted by Crippen LogP contribution is 2.14. The van der Waals surface area contributed by atoms with Gasteiger partial charge < -0.3 is 10.6 Å². The first-order valence-corrected chi connectivity index (χ1v) is 6.40. The van der Waals surface area contributed by atoms with Crippen molar-refractivity contribution in [2.45, 2.75) is 33.6 Å². The van der Waals surface area contributed by atoms with Crippen molar-refractivity contribution in [2.24, 2.45) is 5.41 Å². The first-order valence-electron chi connectivity index (χ1n) is 6.40. The molecule has 1 aromatic rings. The Bertz CT molecular complexity index is 322. The lowest BCUT2D eigenvalue weighted by Crippen LogP contribution is -2.30. The number of anilines is 1. The van der Waals surface area contributed by atoms with E-state index < -0.39 is 0 Å². The highest BCUT2D eigenvalue weighted by molar-refractivity contribution is 5.39. The van der Waals surface area contributed by atoms with Crippen molar-refractivity contribution in [1.82, 2.24) is 4.90 Å². The molecule has 0 spiro atoms. The van der Waals surface area contributed by atoms with Gasteiger partial charge in [-0.1, -0.05) is 32.9 Å². The molecule has 0 saturated heterocycles. The zero-order chi connectivity index (χ0) is 12.9. The van der Waals surface area contributed by atoms with Gasteiger partial charge in [0, 0.05) is 12.2 Å². The number of hydrogen-bond acceptors (Lipinski definition) is 2. The molecule has 0 atom stereocenters. The molecule has 96 valence electrons. The van der Waals surface area contributed by atoms with Crippen LogP contribution in [0.4, 0.5) is 5.69 Å². The van der Waals surface area contributed by atoms with E-state index in [1.165, 1.54) is 12.0 Å². The van der Waals surface area contributed by atoms with E-state index in [1.807, 2.05) is 12.1 Å². The van der Waals surface area contributed by atoms with Crippen LogP contribution in [-0.2, 0) is 6.42 Å². The third kappa shape index (κ3) is 6.32. The van der Waals surface area contributed by atoms with E-state index >= 15 is 0 Å². The van der Waals surface area contributed by atoms with Crippen molar-refractivity contribution in [3.8, 4) is 0 Å². The molecule has 17 heavy (non-hydrogen) atoms. The molecule has 0 amide bonds. The smallest absolute Gasteiger partial charge is 0.0314 e. The largest absolute Gasteiger partial charge is 0.399 e. The normalized spacial score (nSPS) is 12.1. The molecule has 0 aromatic heterocycles. The van der Waals surface area contributed by atoms with E-state index in [9.17, 15) is 0 Å². The van der Waals surface area contributed by atoms with Gasteiger partial charge in [-0.2, -0.15) is 0 Å². The number of rotatable bonds is 5. The summed E-state index contributed by atoms with van der Waals surface area (Å²) in [7, 11) is 2.20. The van der Waals surface area contributed by atoms with Gasteiger partial charge in [0.2, 0.25) is 0 Å². The number of nitrogens with two attached hydrogens (primary N) is 1. The maximum absolute atomic E-state index is 5.66. The summed E-state index contributed by atoms with van der Waals surface area (Å²) in [5, 5.41) is 0. The topological polar surface area (TPSA) is 29.3 Å². The Morgan fingerprint density at radius 1 is 1.12 bits per heavy atom. The molecule has 0 fully saturated rings. The molecular formula is C15H26N2. The van der Waals surface area contributed by atoms with Gasteiger partial charge in [-0.25, -0.2) is 0 Å². The second-order valence-corrected chi connectivity index (χ2v) is 6.14. The third-order valence-electron chi connectivity index (χ3n) is 2.73. The van der Waals surface area contributed by atoms with E-state index in [0.29, 0.717) is 5.41 Å². The molecule has 0 aliphatic carbocycles. The van der Waals surface area contributed by atoms with Crippen molar-refractivity contribution in [3.05, 3.63) is 29.8 Å². The standard InChI is InChI=1S/C15H26N2/c1-15(2,3)12-17(4)11-5-6-13-7-9-14(16)10-8-13/h7-10H,5-6,11-12,16H2,1-4H3. The van der Waals surface area contributed by atoms with E-state index in [1.54, 1.807) is 0 Å². The highest BCUT2D eigenvalue weighted by atomic mass is 15.1. The Morgan fingerprint density at radius 2 is 1.71 bits per heavy atom. The van der Waals surface area contributed by atoms with Crippen LogP contribution in [0.2, 0.25) is 0 Å². The quantitative estimate of drug-likeness (QED) is 0.793. The Kier molecular flexibility index (Phi) is 5.01. The van der Waals surface area contributed by atoms with Crippen molar-refractivity contribution in [1.29, 1.82) is 0 Å². The maximum atomic E-state index is 5.66. The summed E-state index contributed by atoms with van der Waals surface area (Å²) in [6, 6.07) is 8.21. The summed E-state index contributed by atoms with van der Waals surface area (Å²) in [5.74, 6) is 0. The summed E-state index contributed by atoms with van der Waals surface area (Å²) < 4.78 is 0. The predicted molar refractivity (Wildman–Crippen MR) is 76.1 cm³/mol. The molecule has 0 saturated carbocycles. The molecular weight excluding hydrogens is 208 g/mol. The lowest BCUT2D eigenvalue weighted by molar-refractivity contribution is 0.225. The van der Waals surface area contributed by atoms with Crippen LogP contribution >= 0.6 is 0 Å². The van der Waals surface area contributed by atoms with Gasteiger partial charge in [0.1, 0.15) is 0 Å². The Balaban J connectivity index is 2.26. The molecule has 0 aliphatic rings. The second kappa shape index (κ2) is 6.06. The van der Waals surface area contributed by atoms with Gasteiger partial charge in [-0.15, -0.1) is 0 Å². The summed E-state index contributed by atoms with van der Waals surface area (Å²) in [6.07, 6.45) is 2.34. The van der Waals surface area contributed by atoms with Gasteiger partial charge in [-0.3, -0.25) is 0 Å². The number of nitrogen functional groups attached to an aromatic ring is 1. The average molecular weight is 234 g/mol. The van der Waals surface area contributed by atoms with Crippen LogP contribution in [0.1, 0.15) is 32.8 Å². The second-order valence-electron chi connectivity index (χ2n) is 6.14. The minimum absolute atomic E-state index is 0.385. The lowest BCUT2D eigenvalue weighted by Gasteiger charge is -2.26. The molecule has 1 aromatic carbocycles. The monoisotopic (exact) mass is 234 g/mol. The van der Waals surface area contributed by atoms with E-state index in [4.69, 9.17) is 5.73 Å². The predicted octanol–water partition coefficient (Wildman–Crippen LogP) is 3.18. The third-order valence-corrected chi connectivity index (χ3v) is 2.73. The molecule has 0 radical (unpaired) electrons. The van der Waals surface area contributed by atoms with Gasteiger partial charge in [0.25, 0.3) is 0 Å². The maximum Gasteiger partial charge on any atom is 0.0314 e. The van der Waals surface area contributed by atoms with Gasteiger partial charge in [0.05, 0.1) is 0 Å². The Labute approximate surface area is 106 Å². The van der Waals surface area contributed by atoms with Crippen molar-refractivity contribution in [2.75, 3.05) is 25.9 Å². The van der Waals surface area contributed by atoms with Crippen molar-refractivity contribution in [3.63, 3.8) is 0 Å². The first-order chi connectivity index (χ1) is 7.87. The number of aryl methyl sites for hydroxylation is 1. The minimum Gasteiger partial charge on any atom is -0.399 e. The summed E-state index contributed by atoms with van der Waals surface area (Å²) in [4.78, 5) is 2.41. The Morgan fingerprint density at radius 3 is 2.24 bits per heavy atom. The summed E-state index contributed by atoms with van der Waals surface area (Å²) in [5.41, 5.74) is 8.27. The molecule has 0 heterocycles. The first kappa shape index (κ1) is 14.0. The number of benzene rings is 1. The Hall–Kier alpha value is -1.02. The SMILES string of the molecule is CN(CCCc1ccc(N)cc1)CC(C)(C)C. The number of hydrogen-bond donors (Lipinski definition) is 1. The lowest BCUT2D eigenvalue weighted by atomic mass is 9.96. The molecule has 0 unspecified atom stereocenters. The van der Waals surface area contributed by atoms with E-state index in [-0.39, 0.29) is 0 Å². The number of nitrogens with zero attached hydrogens (tertiary/aromatic N) is 1. The van der Waals surface area contributed by atoms with Crippen LogP contribution < -0.4 is 5.73 Å². The van der Waals surface area contributed by atoms with Crippen LogP contribution in [0.5, 0.6) is 0 Å². The average Bonchev–Trinajstić information content (AvgIpc) is 2.18. The van der Waals surface area contributed by atoms with E-state index in [2.05, 4.69) is 44.9 Å². The fraction of sp³-hybridized carbons (Fsp3) is 0.600. The van der Waals surface area contributed by atoms with Gasteiger partial charge in [-0.05, 0) is 49.5 Å².